The van der Waals surface area contributed by atoms with Crippen LogP contribution in [0, 0.1) is 0 Å². The number of hydrogen-bond donors (Lipinski definition) is 1. The third kappa shape index (κ3) is 4.72. The number of amides is 1. The van der Waals surface area contributed by atoms with Gasteiger partial charge in [0.15, 0.2) is 0 Å². The molecule has 1 N–H and O–H groups in total. The number of piperazine rings is 1. The predicted octanol–water partition coefficient (Wildman–Crippen LogP) is 3.48. The minimum Gasteiger partial charge on any atom is -0.353 e. The molecule has 3 aromatic rings. The molecule has 0 bridgehead atoms. The Morgan fingerprint density at radius 3 is 2.38 bits per heavy atom. The van der Waals surface area contributed by atoms with Crippen molar-refractivity contribution in [2.75, 3.05) is 31.1 Å². The molecule has 1 saturated heterocycles. The molecule has 0 spiro atoms. The van der Waals surface area contributed by atoms with E-state index in [1.165, 1.54) is 11.6 Å². The number of hydrogen-bond acceptors (Lipinski definition) is 5. The Balaban J connectivity index is 1.39. The van der Waals surface area contributed by atoms with Gasteiger partial charge in [-0.2, -0.15) is 0 Å². The highest BCUT2D eigenvalue weighted by atomic mass is 16.2. The standard InChI is InChI=1S/C25H29N5O2/c1-4-21-15-23(31)28-24(27-21)20-9-10-22(26-16-20)29-11-13-30(14-12-29)25(32)19-7-5-18(6-8-19)17(2)3/h5-10,15-17H,4,11-14H2,1-3H3,(H,27,28,31). The van der Waals surface area contributed by atoms with Gasteiger partial charge in [0.2, 0.25) is 0 Å². The maximum absolute atomic E-state index is 12.9. The van der Waals surface area contributed by atoms with Gasteiger partial charge in [0, 0.05) is 55.3 Å². The van der Waals surface area contributed by atoms with Crippen LogP contribution in [0.3, 0.4) is 0 Å². The van der Waals surface area contributed by atoms with Crippen molar-refractivity contribution in [3.63, 3.8) is 0 Å². The van der Waals surface area contributed by atoms with Crippen LogP contribution in [0.1, 0.15) is 48.3 Å². The van der Waals surface area contributed by atoms with Crippen LogP contribution in [0.4, 0.5) is 5.82 Å². The maximum atomic E-state index is 12.9. The van der Waals surface area contributed by atoms with Crippen molar-refractivity contribution in [3.8, 4) is 11.4 Å². The first-order chi connectivity index (χ1) is 15.4. The molecule has 0 atom stereocenters. The summed E-state index contributed by atoms with van der Waals surface area (Å²) >= 11 is 0. The molecule has 32 heavy (non-hydrogen) atoms. The van der Waals surface area contributed by atoms with E-state index in [9.17, 15) is 9.59 Å². The zero-order chi connectivity index (χ0) is 22.7. The molecule has 0 aliphatic carbocycles. The van der Waals surface area contributed by atoms with Gasteiger partial charge in [-0.25, -0.2) is 9.97 Å². The number of aryl methyl sites for hydroxylation is 1. The summed E-state index contributed by atoms with van der Waals surface area (Å²) in [7, 11) is 0. The summed E-state index contributed by atoms with van der Waals surface area (Å²) in [6.07, 6.45) is 2.44. The Bertz CT molecular complexity index is 1130. The van der Waals surface area contributed by atoms with Crippen molar-refractivity contribution in [2.24, 2.45) is 0 Å². The van der Waals surface area contributed by atoms with Gasteiger partial charge in [0.25, 0.3) is 11.5 Å². The molecule has 1 amide bonds. The lowest BCUT2D eigenvalue weighted by Crippen LogP contribution is -2.49. The van der Waals surface area contributed by atoms with Crippen molar-refractivity contribution in [1.82, 2.24) is 19.9 Å². The zero-order valence-electron chi connectivity index (χ0n) is 18.8. The largest absolute Gasteiger partial charge is 0.353 e. The van der Waals surface area contributed by atoms with Crippen LogP contribution in [-0.2, 0) is 6.42 Å². The quantitative estimate of drug-likeness (QED) is 0.669. The molecule has 1 aliphatic heterocycles. The Morgan fingerprint density at radius 2 is 1.78 bits per heavy atom. The van der Waals surface area contributed by atoms with E-state index in [2.05, 4.69) is 33.7 Å². The van der Waals surface area contributed by atoms with Crippen LogP contribution in [0.2, 0.25) is 0 Å². The van der Waals surface area contributed by atoms with Crippen LogP contribution in [0.5, 0.6) is 0 Å². The van der Waals surface area contributed by atoms with Crippen molar-refractivity contribution in [2.45, 2.75) is 33.1 Å². The summed E-state index contributed by atoms with van der Waals surface area (Å²) in [6, 6.07) is 13.3. The Hall–Kier alpha value is -3.48. The monoisotopic (exact) mass is 431 g/mol. The highest BCUT2D eigenvalue weighted by Crippen LogP contribution is 2.20. The van der Waals surface area contributed by atoms with E-state index >= 15 is 0 Å². The first-order valence-electron chi connectivity index (χ1n) is 11.2. The lowest BCUT2D eigenvalue weighted by atomic mass is 10.0. The molecule has 0 radical (unpaired) electrons. The topological polar surface area (TPSA) is 82.2 Å². The van der Waals surface area contributed by atoms with Crippen LogP contribution in [-0.4, -0.2) is 51.9 Å². The molecule has 7 heteroatoms. The summed E-state index contributed by atoms with van der Waals surface area (Å²) in [5, 5.41) is 0. The minimum atomic E-state index is -0.157. The number of anilines is 1. The van der Waals surface area contributed by atoms with Gasteiger partial charge in [-0.3, -0.25) is 9.59 Å². The predicted molar refractivity (Wildman–Crippen MR) is 126 cm³/mol. The van der Waals surface area contributed by atoms with Gasteiger partial charge >= 0.3 is 0 Å². The van der Waals surface area contributed by atoms with Crippen LogP contribution in [0.25, 0.3) is 11.4 Å². The first kappa shape index (κ1) is 21.7. The Morgan fingerprint density at radius 1 is 1.06 bits per heavy atom. The van der Waals surface area contributed by atoms with Crippen molar-refractivity contribution in [3.05, 3.63) is 75.8 Å². The maximum Gasteiger partial charge on any atom is 0.253 e. The van der Waals surface area contributed by atoms with Crippen molar-refractivity contribution in [1.29, 1.82) is 0 Å². The molecule has 1 aliphatic rings. The fourth-order valence-electron chi connectivity index (χ4n) is 3.87. The van der Waals surface area contributed by atoms with Crippen LogP contribution < -0.4 is 10.5 Å². The lowest BCUT2D eigenvalue weighted by molar-refractivity contribution is 0.0746. The van der Waals surface area contributed by atoms with E-state index in [0.717, 1.165) is 35.7 Å². The summed E-state index contributed by atoms with van der Waals surface area (Å²) in [5.74, 6) is 1.92. The second-order valence-electron chi connectivity index (χ2n) is 8.40. The van der Waals surface area contributed by atoms with Crippen LogP contribution in [0.15, 0.2) is 53.5 Å². The average Bonchev–Trinajstić information content (AvgIpc) is 2.83. The molecule has 4 rings (SSSR count). The number of carbonyl (C=O) groups excluding carboxylic acids is 1. The Labute approximate surface area is 188 Å². The number of rotatable bonds is 5. The SMILES string of the molecule is CCc1cc(=O)[nH]c(-c2ccc(N3CCN(C(=O)c4ccc(C(C)C)cc4)CC3)nc2)n1. The van der Waals surface area contributed by atoms with Gasteiger partial charge < -0.3 is 14.8 Å². The number of nitrogens with one attached hydrogen (secondary N) is 1. The van der Waals surface area contributed by atoms with Gasteiger partial charge in [0.05, 0.1) is 0 Å². The molecule has 3 heterocycles. The third-order valence-electron chi connectivity index (χ3n) is 5.89. The highest BCUT2D eigenvalue weighted by Gasteiger charge is 2.23. The first-order valence-corrected chi connectivity index (χ1v) is 11.2. The number of H-pyrrole nitrogens is 1. The van der Waals surface area contributed by atoms with E-state index in [4.69, 9.17) is 0 Å². The molecule has 1 fully saturated rings. The zero-order valence-corrected chi connectivity index (χ0v) is 18.8. The Kier molecular flexibility index (Phi) is 6.35. The van der Waals surface area contributed by atoms with Gasteiger partial charge in [-0.15, -0.1) is 0 Å². The second kappa shape index (κ2) is 9.34. The summed E-state index contributed by atoms with van der Waals surface area (Å²) in [6.45, 7) is 9.02. The molecule has 0 unspecified atom stereocenters. The van der Waals surface area contributed by atoms with Crippen LogP contribution >= 0.6 is 0 Å². The normalized spacial score (nSPS) is 14.1. The van der Waals surface area contributed by atoms with Crippen molar-refractivity contribution >= 4 is 11.7 Å². The number of pyridine rings is 1. The fraction of sp³-hybridized carbons (Fsp3) is 0.360. The lowest BCUT2D eigenvalue weighted by Gasteiger charge is -2.35. The van der Waals surface area contributed by atoms with Gasteiger partial charge in [0.1, 0.15) is 11.6 Å². The second-order valence-corrected chi connectivity index (χ2v) is 8.40. The summed E-state index contributed by atoms with van der Waals surface area (Å²) in [5.41, 5.74) is 3.35. The average molecular weight is 432 g/mol. The van der Waals surface area contributed by atoms with Gasteiger partial charge in [-0.05, 0) is 42.2 Å². The van der Waals surface area contributed by atoms with E-state index in [0.29, 0.717) is 31.3 Å². The third-order valence-corrected chi connectivity index (χ3v) is 5.89. The van der Waals surface area contributed by atoms with E-state index in [-0.39, 0.29) is 11.5 Å². The molecule has 2 aromatic heterocycles. The van der Waals surface area contributed by atoms with E-state index < -0.39 is 0 Å². The fourth-order valence-corrected chi connectivity index (χ4v) is 3.87. The molecule has 166 valence electrons. The number of nitrogens with zero attached hydrogens (tertiary/aromatic N) is 4. The molecule has 7 nitrogen and oxygen atoms in total. The van der Waals surface area contributed by atoms with E-state index in [1.807, 2.05) is 48.2 Å². The molecular weight excluding hydrogens is 402 g/mol. The summed E-state index contributed by atoms with van der Waals surface area (Å²) in [4.78, 5) is 40.6. The number of benzene rings is 1. The minimum absolute atomic E-state index is 0.0779. The molecule has 1 aromatic carbocycles. The highest BCUT2D eigenvalue weighted by molar-refractivity contribution is 5.94. The number of carbonyl (C=O) groups is 1. The van der Waals surface area contributed by atoms with Gasteiger partial charge in [-0.1, -0.05) is 32.9 Å². The molecule has 0 saturated carbocycles. The smallest absolute Gasteiger partial charge is 0.253 e. The number of aromatic nitrogens is 3. The number of aromatic amines is 1. The van der Waals surface area contributed by atoms with E-state index in [1.54, 1.807) is 6.20 Å². The van der Waals surface area contributed by atoms with Crippen molar-refractivity contribution < 1.29 is 4.79 Å². The summed E-state index contributed by atoms with van der Waals surface area (Å²) < 4.78 is 0. The molecular formula is C25H29N5O2.